The van der Waals surface area contributed by atoms with Crippen LogP contribution < -0.4 is 4.90 Å². The highest BCUT2D eigenvalue weighted by Crippen LogP contribution is 2.54. The molecule has 7 aromatic carbocycles. The molecule has 2 heterocycles. The van der Waals surface area contributed by atoms with Gasteiger partial charge in [-0.3, -0.25) is 0 Å². The van der Waals surface area contributed by atoms with Gasteiger partial charge in [-0.15, -0.1) is 11.3 Å². The lowest BCUT2D eigenvalue weighted by atomic mass is 9.77. The molecule has 9 aromatic rings. The third kappa shape index (κ3) is 4.65. The zero-order valence-electron chi connectivity index (χ0n) is 30.3. The lowest BCUT2D eigenvalue weighted by molar-refractivity contribution is 0.544. The monoisotopic (exact) mass is 710 g/mol. The minimum atomic E-state index is -0.113. The summed E-state index contributed by atoms with van der Waals surface area (Å²) in [5, 5.41) is 5.31. The smallest absolute Gasteiger partial charge is 0.0563 e. The van der Waals surface area contributed by atoms with E-state index in [9.17, 15) is 0 Å². The molecule has 1 atom stereocenters. The van der Waals surface area contributed by atoms with Gasteiger partial charge >= 0.3 is 0 Å². The number of hydrogen-bond acceptors (Lipinski definition) is 2. The summed E-state index contributed by atoms with van der Waals surface area (Å²) in [7, 11) is 0. The van der Waals surface area contributed by atoms with Crippen LogP contribution in [-0.2, 0) is 5.41 Å². The summed E-state index contributed by atoms with van der Waals surface area (Å²) < 4.78 is 5.25. The van der Waals surface area contributed by atoms with E-state index in [1.807, 2.05) is 11.3 Å². The normalized spacial score (nSPS) is 16.1. The van der Waals surface area contributed by atoms with Crippen LogP contribution in [0.25, 0.3) is 58.7 Å². The van der Waals surface area contributed by atoms with E-state index >= 15 is 0 Å². The number of hydrogen-bond donors (Lipinski definition) is 0. The van der Waals surface area contributed by atoms with E-state index in [0.29, 0.717) is 0 Å². The predicted octanol–water partition coefficient (Wildman–Crippen LogP) is 14.5. The molecule has 11 rings (SSSR count). The second-order valence-electron chi connectivity index (χ2n) is 15.3. The van der Waals surface area contributed by atoms with Crippen molar-refractivity contribution in [1.29, 1.82) is 0 Å². The Hall–Kier alpha value is -6.16. The number of thiophene rings is 1. The maximum Gasteiger partial charge on any atom is 0.0563 e. The fourth-order valence-corrected chi connectivity index (χ4v) is 10.6. The summed E-state index contributed by atoms with van der Waals surface area (Å²) in [6, 6.07) is 60.5. The van der Waals surface area contributed by atoms with E-state index in [2.05, 4.69) is 199 Å². The first-order valence-electron chi connectivity index (χ1n) is 18.9. The Morgan fingerprint density at radius 2 is 1.20 bits per heavy atom. The molecule has 0 fully saturated rings. The van der Waals surface area contributed by atoms with Gasteiger partial charge in [0.2, 0.25) is 0 Å². The summed E-state index contributed by atoms with van der Waals surface area (Å²) in [6.45, 7) is 4.85. The molecule has 258 valence electrons. The van der Waals surface area contributed by atoms with Gasteiger partial charge in [-0.25, -0.2) is 0 Å². The molecule has 0 radical (unpaired) electrons. The largest absolute Gasteiger partial charge is 0.333 e. The van der Waals surface area contributed by atoms with Gasteiger partial charge in [-0.2, -0.15) is 0 Å². The van der Waals surface area contributed by atoms with Crippen molar-refractivity contribution < 1.29 is 0 Å². The van der Waals surface area contributed by atoms with Crippen LogP contribution in [0.2, 0.25) is 0 Å². The number of benzene rings is 7. The van der Waals surface area contributed by atoms with E-state index in [1.54, 1.807) is 0 Å². The molecule has 2 aromatic heterocycles. The lowest BCUT2D eigenvalue weighted by Crippen LogP contribution is -2.21. The number of anilines is 3. The molecule has 0 amide bonds. The second kappa shape index (κ2) is 11.9. The Morgan fingerprint density at radius 1 is 0.574 bits per heavy atom. The highest BCUT2D eigenvalue weighted by molar-refractivity contribution is 7.26. The Kier molecular flexibility index (Phi) is 6.93. The first kappa shape index (κ1) is 31.4. The third-order valence-electron chi connectivity index (χ3n) is 12.0. The molecular formula is C51H38N2S. The Bertz CT molecular complexity index is 2940. The minimum absolute atomic E-state index is 0.113. The molecule has 0 spiro atoms. The minimum Gasteiger partial charge on any atom is -0.333 e. The molecule has 0 bridgehead atoms. The number of rotatable bonds is 5. The van der Waals surface area contributed by atoms with Crippen molar-refractivity contribution in [3.05, 3.63) is 193 Å². The fraction of sp³-hybridized carbons (Fsp3) is 0.0980. The molecule has 0 saturated carbocycles. The fourth-order valence-electron chi connectivity index (χ4n) is 9.40. The lowest BCUT2D eigenvalue weighted by Gasteiger charge is -2.31. The number of aromatic nitrogens is 1. The Balaban J connectivity index is 0.965. The molecule has 2 aliphatic carbocycles. The Morgan fingerprint density at radius 3 is 1.96 bits per heavy atom. The van der Waals surface area contributed by atoms with Crippen LogP contribution in [0.4, 0.5) is 17.1 Å². The highest BCUT2D eigenvalue weighted by atomic mass is 32.1. The van der Waals surface area contributed by atoms with Crippen molar-refractivity contribution in [2.75, 3.05) is 4.90 Å². The van der Waals surface area contributed by atoms with Crippen LogP contribution in [0, 0.1) is 0 Å². The Labute approximate surface area is 319 Å². The van der Waals surface area contributed by atoms with Crippen molar-refractivity contribution in [3.8, 4) is 11.1 Å². The maximum absolute atomic E-state index is 2.57. The average molecular weight is 711 g/mol. The average Bonchev–Trinajstić information content (AvgIpc) is 3.84. The third-order valence-corrected chi connectivity index (χ3v) is 13.2. The molecule has 0 saturated heterocycles. The summed E-state index contributed by atoms with van der Waals surface area (Å²) in [4.78, 5) is 2.41. The summed E-state index contributed by atoms with van der Waals surface area (Å²) in [6.07, 6.45) is 5.83. The summed E-state index contributed by atoms with van der Waals surface area (Å²) in [5.41, 5.74) is 14.2. The molecule has 1 unspecified atom stereocenters. The summed E-state index contributed by atoms with van der Waals surface area (Å²) >= 11 is 1.89. The van der Waals surface area contributed by atoms with Gasteiger partial charge < -0.3 is 9.47 Å². The van der Waals surface area contributed by atoms with Crippen molar-refractivity contribution in [3.63, 3.8) is 0 Å². The predicted molar refractivity (Wildman–Crippen MR) is 232 cm³/mol. The van der Waals surface area contributed by atoms with Crippen molar-refractivity contribution >= 4 is 76.0 Å². The topological polar surface area (TPSA) is 8.17 Å². The van der Waals surface area contributed by atoms with Crippen molar-refractivity contribution in [1.82, 2.24) is 4.57 Å². The zero-order chi connectivity index (χ0) is 36.0. The van der Waals surface area contributed by atoms with Gasteiger partial charge in [0.05, 0.1) is 6.04 Å². The standard InChI is InChI=1S/C51H38N2S/c1-51(2)45-31-36(27-29-39(45)40-30-28-37(32-46(40)51)53-47-20-9-6-15-41(47)42-16-7-10-21-48(42)53)52(34-13-4-3-5-14-34)35-25-23-33(24-26-35)38-18-12-19-44-43-17-8-11-22-49(43)54-50(38)44/h3-31,37H,32H2,1-2H3. The van der Waals surface area contributed by atoms with Crippen LogP contribution in [0.3, 0.4) is 0 Å². The molecule has 3 heteroatoms. The van der Waals surface area contributed by atoms with Gasteiger partial charge in [0.1, 0.15) is 0 Å². The van der Waals surface area contributed by atoms with E-state index in [0.717, 1.165) is 17.8 Å². The summed E-state index contributed by atoms with van der Waals surface area (Å²) in [5.74, 6) is 0. The van der Waals surface area contributed by atoms with Crippen LogP contribution in [0.15, 0.2) is 182 Å². The number of nitrogens with zero attached hydrogens (tertiary/aromatic N) is 2. The van der Waals surface area contributed by atoms with E-state index < -0.39 is 0 Å². The molecular weight excluding hydrogens is 673 g/mol. The van der Waals surface area contributed by atoms with E-state index in [4.69, 9.17) is 0 Å². The molecule has 2 aliphatic rings. The molecule has 0 N–H and O–H groups in total. The maximum atomic E-state index is 2.57. The van der Waals surface area contributed by atoms with Gasteiger partial charge in [0, 0.05) is 64.5 Å². The van der Waals surface area contributed by atoms with Crippen LogP contribution in [0.5, 0.6) is 0 Å². The van der Waals surface area contributed by atoms with Gasteiger partial charge in [-0.05, 0) is 94.4 Å². The van der Waals surface area contributed by atoms with E-state index in [-0.39, 0.29) is 11.5 Å². The number of fused-ring (bicyclic) bond motifs is 8. The molecule has 54 heavy (non-hydrogen) atoms. The van der Waals surface area contributed by atoms with Crippen LogP contribution in [0.1, 0.15) is 37.4 Å². The van der Waals surface area contributed by atoms with E-state index in [1.165, 1.54) is 81.1 Å². The highest BCUT2D eigenvalue weighted by Gasteiger charge is 2.40. The second-order valence-corrected chi connectivity index (χ2v) is 16.3. The van der Waals surface area contributed by atoms with Gasteiger partial charge in [0.25, 0.3) is 0 Å². The van der Waals surface area contributed by atoms with Crippen LogP contribution in [-0.4, -0.2) is 4.57 Å². The van der Waals surface area contributed by atoms with Crippen molar-refractivity contribution in [2.45, 2.75) is 31.7 Å². The molecule has 0 aliphatic heterocycles. The number of para-hydroxylation sites is 3. The number of allylic oxidation sites excluding steroid dienone is 4. The SMILES string of the molecule is CC1(C)C2=C(C=CC(n3c4ccccc4c4ccccc43)C2)c2ccc(N(c3ccccc3)c3ccc(-c4cccc5c4sc4ccccc45)cc3)cc21. The first-order valence-corrected chi connectivity index (χ1v) is 19.8. The first-order chi connectivity index (χ1) is 26.5. The zero-order valence-corrected chi connectivity index (χ0v) is 31.1. The van der Waals surface area contributed by atoms with Crippen molar-refractivity contribution in [2.24, 2.45) is 0 Å². The quantitative estimate of drug-likeness (QED) is 0.173. The van der Waals surface area contributed by atoms with Gasteiger partial charge in [0.15, 0.2) is 0 Å². The van der Waals surface area contributed by atoms with Gasteiger partial charge in [-0.1, -0.05) is 135 Å². The van der Waals surface area contributed by atoms with Crippen LogP contribution >= 0.6 is 11.3 Å². The molecule has 2 nitrogen and oxygen atoms in total.